The fourth-order valence-electron chi connectivity index (χ4n) is 17.3. The molecular weight excluding hydrogens is 1400 g/mol. The van der Waals surface area contributed by atoms with E-state index < -0.39 is 0 Å². The smallest absolute Gasteiger partial charge is 0.143 e. The molecule has 0 bridgehead atoms. The summed E-state index contributed by atoms with van der Waals surface area (Å²) in [5.74, 6) is 0. The first-order valence-electron chi connectivity index (χ1n) is 38.8. The van der Waals surface area contributed by atoms with E-state index in [-0.39, 0.29) is 0 Å². The van der Waals surface area contributed by atoms with Crippen LogP contribution in [0, 0.1) is 0 Å². The van der Waals surface area contributed by atoms with Gasteiger partial charge in [0.25, 0.3) is 0 Å². The van der Waals surface area contributed by atoms with Crippen molar-refractivity contribution in [2.45, 2.75) is 0 Å². The molecule has 0 fully saturated rings. The molecule has 0 radical (unpaired) electrons. The van der Waals surface area contributed by atoms with Crippen molar-refractivity contribution >= 4 is 131 Å². The Hall–Kier alpha value is -14.8. The third kappa shape index (κ3) is 11.5. The Kier molecular flexibility index (Phi) is 16.0. The number of rotatable bonds is 15. The van der Waals surface area contributed by atoms with Crippen LogP contribution in [0.1, 0.15) is 0 Å². The maximum Gasteiger partial charge on any atom is 0.143 e. The number of hydrogen-bond donors (Lipinski definition) is 0. The van der Waals surface area contributed by atoms with Gasteiger partial charge in [0.2, 0.25) is 0 Å². The normalized spacial score (nSPS) is 11.7. The molecule has 4 heterocycles. The zero-order chi connectivity index (χ0) is 75.2. The Bertz CT molecular complexity index is 7410. The van der Waals surface area contributed by atoms with Crippen LogP contribution in [-0.2, 0) is 0 Å². The lowest BCUT2D eigenvalue weighted by molar-refractivity contribution is 0.669. The molecule has 0 aliphatic rings. The van der Waals surface area contributed by atoms with Gasteiger partial charge in [-0.3, -0.25) is 0 Å². The van der Waals surface area contributed by atoms with E-state index >= 15 is 0 Å². The Morgan fingerprint density at radius 1 is 0.211 bits per heavy atom. The van der Waals surface area contributed by atoms with Gasteiger partial charge in [-0.25, -0.2) is 0 Å². The molecule has 5 nitrogen and oxygen atoms in total. The molecule has 0 unspecified atom stereocenters. The van der Waals surface area contributed by atoms with Crippen LogP contribution >= 0.6 is 11.3 Å². The lowest BCUT2D eigenvalue weighted by Crippen LogP contribution is -2.10. The average Bonchev–Trinajstić information content (AvgIpc) is 1.55. The molecule has 22 aromatic rings. The van der Waals surface area contributed by atoms with E-state index in [0.717, 1.165) is 139 Å². The molecule has 0 spiro atoms. The molecule has 0 aliphatic heterocycles. The van der Waals surface area contributed by atoms with Crippen molar-refractivity contribution < 1.29 is 8.83 Å². The van der Waals surface area contributed by atoms with Crippen molar-refractivity contribution in [2.24, 2.45) is 0 Å². The summed E-state index contributed by atoms with van der Waals surface area (Å²) in [5.41, 5.74) is 31.4. The number of furan rings is 2. The Morgan fingerprint density at radius 2 is 0.596 bits per heavy atom. The number of hydrogen-bond acceptors (Lipinski definition) is 5. The largest absolute Gasteiger partial charge is 0.455 e. The van der Waals surface area contributed by atoms with Gasteiger partial charge in [0.15, 0.2) is 0 Å². The number of para-hydroxylation sites is 4. The predicted octanol–water partition coefficient (Wildman–Crippen LogP) is 31.2. The monoisotopic (exact) mass is 1470 g/mol. The van der Waals surface area contributed by atoms with Gasteiger partial charge in [-0.2, -0.15) is 0 Å². The average molecular weight is 1470 g/mol. The molecular formula is C108H69N3O2S. The highest BCUT2D eigenvalue weighted by Gasteiger charge is 2.24. The number of benzene rings is 18. The van der Waals surface area contributed by atoms with Gasteiger partial charge in [0, 0.05) is 93.0 Å². The SMILES string of the molecule is c1ccc(-c2ccc(-c3ccc(N(c4ccc(-c5ccc(-c6ccc(-c7ccc(N(c8ccc(-c9ccccc9)cc8)c8ccc(-c9ccc%10c(c9)c9ccccc9n%10-c9cccc%10c9sc9ccccc9%10)cc8)cc7)cc6)c6c5oc5ccccc56)cc4)c4cccc(-c5cccc6c5oc5ccccc56)c4)cc3)cc2)cc1. The van der Waals surface area contributed by atoms with E-state index in [2.05, 4.69) is 421 Å². The molecule has 22 rings (SSSR count). The number of fused-ring (bicyclic) bond motifs is 12. The Labute approximate surface area is 663 Å². The fourth-order valence-corrected chi connectivity index (χ4v) is 18.5. The minimum atomic E-state index is 0.849. The van der Waals surface area contributed by atoms with Crippen LogP contribution in [0.25, 0.3) is 181 Å². The first-order chi connectivity index (χ1) is 56.5. The van der Waals surface area contributed by atoms with Crippen molar-refractivity contribution in [3.63, 3.8) is 0 Å². The highest BCUT2D eigenvalue weighted by Crippen LogP contribution is 2.48. The topological polar surface area (TPSA) is 37.7 Å². The molecule has 0 N–H and O–H groups in total. The summed E-state index contributed by atoms with van der Waals surface area (Å²) in [6, 6.07) is 152. The van der Waals surface area contributed by atoms with Crippen molar-refractivity contribution in [3.8, 4) is 94.7 Å². The van der Waals surface area contributed by atoms with Crippen LogP contribution in [0.15, 0.2) is 427 Å². The molecule has 0 saturated heterocycles. The summed E-state index contributed by atoms with van der Waals surface area (Å²) in [6.45, 7) is 0. The number of anilines is 6. The van der Waals surface area contributed by atoms with Gasteiger partial charge in [-0.1, -0.05) is 297 Å². The van der Waals surface area contributed by atoms with Crippen LogP contribution in [0.2, 0.25) is 0 Å². The first kappa shape index (κ1) is 66.2. The van der Waals surface area contributed by atoms with E-state index in [0.29, 0.717) is 0 Å². The van der Waals surface area contributed by atoms with Crippen molar-refractivity contribution in [2.75, 3.05) is 9.80 Å². The van der Waals surface area contributed by atoms with Crippen LogP contribution in [0.3, 0.4) is 0 Å². The maximum atomic E-state index is 6.97. The van der Waals surface area contributed by atoms with Crippen LogP contribution in [0.4, 0.5) is 34.1 Å². The molecule has 0 saturated carbocycles. The number of nitrogens with zero attached hydrogens (tertiary/aromatic N) is 3. The summed E-state index contributed by atoms with van der Waals surface area (Å²) in [7, 11) is 0. The van der Waals surface area contributed by atoms with E-state index in [1.807, 2.05) is 23.5 Å². The Balaban J connectivity index is 0.570. The van der Waals surface area contributed by atoms with Crippen molar-refractivity contribution in [1.29, 1.82) is 0 Å². The number of aromatic nitrogens is 1. The minimum Gasteiger partial charge on any atom is -0.455 e. The van der Waals surface area contributed by atoms with Crippen molar-refractivity contribution in [1.82, 2.24) is 4.57 Å². The quantitative estimate of drug-likeness (QED) is 0.103. The lowest BCUT2D eigenvalue weighted by Gasteiger charge is -2.26. The summed E-state index contributed by atoms with van der Waals surface area (Å²) in [4.78, 5) is 4.71. The molecule has 4 aromatic heterocycles. The predicted molar refractivity (Wildman–Crippen MR) is 481 cm³/mol. The zero-order valence-electron chi connectivity index (χ0n) is 61.9. The van der Waals surface area contributed by atoms with Crippen LogP contribution in [-0.4, -0.2) is 4.57 Å². The third-order valence-corrected chi connectivity index (χ3v) is 24.1. The van der Waals surface area contributed by atoms with Crippen LogP contribution in [0.5, 0.6) is 0 Å². The first-order valence-corrected chi connectivity index (χ1v) is 39.6. The maximum absolute atomic E-state index is 6.97. The molecule has 534 valence electrons. The van der Waals surface area contributed by atoms with Crippen LogP contribution < -0.4 is 9.80 Å². The summed E-state index contributed by atoms with van der Waals surface area (Å²) >= 11 is 1.87. The summed E-state index contributed by atoms with van der Waals surface area (Å²) in [6.07, 6.45) is 0. The summed E-state index contributed by atoms with van der Waals surface area (Å²) < 4.78 is 18.6. The molecule has 0 atom stereocenters. The molecule has 114 heavy (non-hydrogen) atoms. The van der Waals surface area contributed by atoms with E-state index in [1.54, 1.807) is 0 Å². The standard InChI is InChI=1S/C108H69N3O2S/c1-3-18-70(19-4-1)72-36-38-73(39-37-72)76-48-59-86(60-49-76)110(88-23-15-22-82(68-88)90-28-16-29-95-93-25-8-12-33-102(93)112-106(90)95)87-63-52-80(53-64-87)91-66-65-89(105-97-27-9-13-34-103(97)113-107(91)105)79-42-40-74(41-43-79)77-46-57-84(58-47-77)109(83-55-44-75(45-56-83)71-20-5-2-6-21-71)85-61-50-78(51-62-85)81-54-67-100-98(69-81)92-24-7-11-31-99(92)111(100)101-32-17-30-96-94-26-10-14-35-104(94)114-108(96)101/h1-69H. The minimum absolute atomic E-state index is 0.849. The lowest BCUT2D eigenvalue weighted by atomic mass is 9.93. The van der Waals surface area contributed by atoms with Gasteiger partial charge in [0.05, 0.1) is 21.4 Å². The van der Waals surface area contributed by atoms with E-state index in [1.165, 1.54) is 75.5 Å². The second kappa shape index (κ2) is 27.6. The third-order valence-electron chi connectivity index (χ3n) is 22.9. The highest BCUT2D eigenvalue weighted by molar-refractivity contribution is 7.26. The molecule has 6 heteroatoms. The van der Waals surface area contributed by atoms with E-state index in [4.69, 9.17) is 8.83 Å². The fraction of sp³-hybridized carbons (Fsp3) is 0. The second-order valence-electron chi connectivity index (χ2n) is 29.4. The molecule has 0 aliphatic carbocycles. The Morgan fingerprint density at radius 3 is 1.20 bits per heavy atom. The van der Waals surface area contributed by atoms with Crippen molar-refractivity contribution in [3.05, 3.63) is 419 Å². The van der Waals surface area contributed by atoms with Gasteiger partial charge in [-0.15, -0.1) is 11.3 Å². The molecule has 0 amide bonds. The van der Waals surface area contributed by atoms with Gasteiger partial charge < -0.3 is 23.2 Å². The van der Waals surface area contributed by atoms with Gasteiger partial charge in [0.1, 0.15) is 22.3 Å². The molecule has 18 aromatic carbocycles. The second-order valence-corrected chi connectivity index (χ2v) is 30.5. The summed E-state index contributed by atoms with van der Waals surface area (Å²) in [5, 5.41) is 9.44. The number of thiophene rings is 1. The zero-order valence-corrected chi connectivity index (χ0v) is 62.7. The van der Waals surface area contributed by atoms with Gasteiger partial charge in [-0.05, 0) is 199 Å². The van der Waals surface area contributed by atoms with E-state index in [9.17, 15) is 0 Å². The van der Waals surface area contributed by atoms with Gasteiger partial charge >= 0.3 is 0 Å². The highest BCUT2D eigenvalue weighted by atomic mass is 32.1.